The number of nitrogens with one attached hydrogen (secondary N) is 3. The van der Waals surface area contributed by atoms with E-state index in [1.165, 1.54) is 0 Å². The Morgan fingerprint density at radius 3 is 2.04 bits per heavy atom. The average molecular weight is 646 g/mol. The van der Waals surface area contributed by atoms with E-state index in [1.807, 2.05) is 60.7 Å². The first-order valence-electron chi connectivity index (χ1n) is 16.1. The number of ketones is 1. The van der Waals surface area contributed by atoms with Crippen LogP contribution in [0.25, 0.3) is 0 Å². The molecule has 0 bridgehead atoms. The van der Waals surface area contributed by atoms with Gasteiger partial charge in [-0.2, -0.15) is 0 Å². The van der Waals surface area contributed by atoms with Crippen LogP contribution in [0.2, 0.25) is 0 Å². The fraction of sp³-hybridized carbons (Fsp3) is 0.457. The van der Waals surface area contributed by atoms with Gasteiger partial charge >= 0.3 is 0 Å². The Labute approximate surface area is 274 Å². The van der Waals surface area contributed by atoms with Crippen LogP contribution in [0.3, 0.4) is 0 Å². The summed E-state index contributed by atoms with van der Waals surface area (Å²) < 4.78 is 16.2. The molecule has 47 heavy (non-hydrogen) atoms. The number of rotatable bonds is 16. The summed E-state index contributed by atoms with van der Waals surface area (Å²) >= 11 is 0. The highest BCUT2D eigenvalue weighted by atomic mass is 16.6. The van der Waals surface area contributed by atoms with E-state index in [0.717, 1.165) is 24.2 Å². The first-order valence-corrected chi connectivity index (χ1v) is 16.1. The van der Waals surface area contributed by atoms with E-state index in [4.69, 9.17) is 14.0 Å². The van der Waals surface area contributed by atoms with Crippen molar-refractivity contribution < 1.29 is 33.2 Å². The van der Waals surface area contributed by atoms with Crippen LogP contribution in [0.5, 0.6) is 0 Å². The molecule has 2 saturated heterocycles. The Kier molecular flexibility index (Phi) is 11.5. The number of hydrogen-bond donors (Lipinski definition) is 3. The summed E-state index contributed by atoms with van der Waals surface area (Å²) in [5.41, 5.74) is 1.18. The third-order valence-corrected chi connectivity index (χ3v) is 8.51. The van der Waals surface area contributed by atoms with Crippen LogP contribution in [0, 0.1) is 0 Å². The van der Waals surface area contributed by atoms with Crippen LogP contribution in [0.1, 0.15) is 54.1 Å². The molecule has 3 N–H and O–H groups in total. The number of nitrogens with zero attached hydrogens (tertiary/aromatic N) is 2. The van der Waals surface area contributed by atoms with Gasteiger partial charge in [0.15, 0.2) is 17.2 Å². The van der Waals surface area contributed by atoms with Crippen molar-refractivity contribution in [1.29, 1.82) is 0 Å². The molecule has 4 atom stereocenters. The van der Waals surface area contributed by atoms with Gasteiger partial charge in [0.2, 0.25) is 11.8 Å². The van der Waals surface area contributed by atoms with Crippen LogP contribution in [-0.4, -0.2) is 90.2 Å². The van der Waals surface area contributed by atoms with Gasteiger partial charge in [-0.3, -0.25) is 24.1 Å². The van der Waals surface area contributed by atoms with Gasteiger partial charge < -0.3 is 29.9 Å². The summed E-state index contributed by atoms with van der Waals surface area (Å²) in [7, 11) is 0. The number of epoxide rings is 1. The van der Waals surface area contributed by atoms with E-state index in [-0.39, 0.29) is 17.9 Å². The van der Waals surface area contributed by atoms with Crippen molar-refractivity contribution in [3.05, 3.63) is 89.3 Å². The van der Waals surface area contributed by atoms with Crippen LogP contribution >= 0.6 is 0 Å². The lowest BCUT2D eigenvalue weighted by Gasteiger charge is -2.25. The van der Waals surface area contributed by atoms with Gasteiger partial charge in [-0.15, -0.1) is 0 Å². The van der Waals surface area contributed by atoms with E-state index < -0.39 is 41.4 Å². The van der Waals surface area contributed by atoms with Gasteiger partial charge in [0.1, 0.15) is 17.7 Å². The number of amides is 3. The summed E-state index contributed by atoms with van der Waals surface area (Å²) in [5, 5.41) is 12.3. The maximum Gasteiger partial charge on any atom is 0.274 e. The number of aryl methyl sites for hydroxylation is 2. The minimum atomic E-state index is -0.981. The molecule has 2 aliphatic heterocycles. The Hall–Kier alpha value is -4.39. The van der Waals surface area contributed by atoms with Gasteiger partial charge in [-0.1, -0.05) is 65.8 Å². The number of hydrogen-bond acceptors (Lipinski definition) is 9. The van der Waals surface area contributed by atoms with Gasteiger partial charge in [0, 0.05) is 19.2 Å². The maximum absolute atomic E-state index is 13.6. The second-order valence-electron chi connectivity index (χ2n) is 12.3. The summed E-state index contributed by atoms with van der Waals surface area (Å²) in [6.07, 6.45) is 1.76. The minimum absolute atomic E-state index is 0.0622. The highest BCUT2D eigenvalue weighted by molar-refractivity contribution is 5.99. The zero-order valence-corrected chi connectivity index (χ0v) is 26.9. The van der Waals surface area contributed by atoms with Gasteiger partial charge in [-0.05, 0) is 50.7 Å². The summed E-state index contributed by atoms with van der Waals surface area (Å²) in [5.74, 6) is -1.26. The summed E-state index contributed by atoms with van der Waals surface area (Å²) in [6.45, 7) is 6.83. The molecule has 3 amide bonds. The van der Waals surface area contributed by atoms with E-state index in [0.29, 0.717) is 51.4 Å². The largest absolute Gasteiger partial charge is 0.379 e. The number of carbonyl (C=O) groups excluding carboxylic acids is 4. The predicted octanol–water partition coefficient (Wildman–Crippen LogP) is 2.22. The van der Waals surface area contributed by atoms with Crippen LogP contribution in [0.15, 0.2) is 71.3 Å². The third kappa shape index (κ3) is 9.80. The number of aromatic nitrogens is 1. The van der Waals surface area contributed by atoms with Crippen molar-refractivity contribution in [3.63, 3.8) is 0 Å². The van der Waals surface area contributed by atoms with Crippen molar-refractivity contribution in [3.8, 4) is 0 Å². The first kappa shape index (κ1) is 34.0. The average Bonchev–Trinajstić information content (AvgIpc) is 3.67. The highest BCUT2D eigenvalue weighted by Gasteiger charge is 2.50. The number of benzene rings is 2. The van der Waals surface area contributed by atoms with Crippen molar-refractivity contribution in [2.24, 2.45) is 0 Å². The normalized spacial score (nSPS) is 19.6. The molecular weight excluding hydrogens is 602 g/mol. The fourth-order valence-corrected chi connectivity index (χ4v) is 5.45. The van der Waals surface area contributed by atoms with Gasteiger partial charge in [0.05, 0.1) is 32.4 Å². The summed E-state index contributed by atoms with van der Waals surface area (Å²) in [6, 6.07) is 18.1. The Morgan fingerprint density at radius 2 is 1.45 bits per heavy atom. The molecule has 2 aliphatic rings. The Balaban J connectivity index is 1.21. The quantitative estimate of drug-likeness (QED) is 0.199. The van der Waals surface area contributed by atoms with Gasteiger partial charge in [-0.25, -0.2) is 0 Å². The van der Waals surface area contributed by atoms with Gasteiger partial charge in [0.25, 0.3) is 5.91 Å². The molecule has 0 unspecified atom stereocenters. The Bertz CT molecular complexity index is 1500. The molecule has 0 spiro atoms. The monoisotopic (exact) mass is 645 g/mol. The zero-order valence-electron chi connectivity index (χ0n) is 26.9. The van der Waals surface area contributed by atoms with Crippen molar-refractivity contribution >= 4 is 23.5 Å². The fourth-order valence-electron chi connectivity index (χ4n) is 5.45. The molecule has 2 aromatic carbocycles. The molecule has 2 fully saturated rings. The first-order chi connectivity index (χ1) is 22.7. The summed E-state index contributed by atoms with van der Waals surface area (Å²) in [4.78, 5) is 55.5. The second kappa shape index (κ2) is 15.9. The van der Waals surface area contributed by atoms with E-state index in [1.54, 1.807) is 19.9 Å². The third-order valence-electron chi connectivity index (χ3n) is 8.51. The molecule has 3 heterocycles. The van der Waals surface area contributed by atoms with Crippen LogP contribution < -0.4 is 16.0 Å². The number of Topliss-reactive ketones (excluding diaryl/α,β-unsaturated/α-hetero) is 1. The predicted molar refractivity (Wildman–Crippen MR) is 172 cm³/mol. The highest BCUT2D eigenvalue weighted by Crippen LogP contribution is 2.29. The lowest BCUT2D eigenvalue weighted by molar-refractivity contribution is -0.133. The number of carbonyl (C=O) groups is 4. The lowest BCUT2D eigenvalue weighted by atomic mass is 9.95. The van der Waals surface area contributed by atoms with Crippen molar-refractivity contribution in [2.75, 3.05) is 32.9 Å². The standard InChI is InChI=1S/C35H43N5O7/c1-24(32(42)37-28(31(41)35(2)23-46-35)15-13-25-9-5-3-6-10-25)36-33(43)29(16-14-26-11-7-4-8-12-26)38-34(44)30-21-27(47-39-30)22-40-17-19-45-20-18-40/h3-12,21,24,28-29H,13-20,22-23H2,1-2H3,(H,36,43)(H,37,42)(H,38,44)/t24-,28-,29-,35+/m0/s1. The topological polar surface area (TPSA) is 155 Å². The van der Waals surface area contributed by atoms with E-state index in [9.17, 15) is 19.2 Å². The molecular formula is C35H43N5O7. The number of ether oxygens (including phenoxy) is 2. The van der Waals surface area contributed by atoms with E-state index >= 15 is 0 Å². The second-order valence-corrected chi connectivity index (χ2v) is 12.3. The SMILES string of the molecule is C[C@H](NC(=O)[C@H](CCc1ccccc1)NC(=O)c1cc(CN2CCOCC2)on1)C(=O)N[C@@H](CCc1ccccc1)C(=O)[C@@]1(C)CO1. The molecule has 250 valence electrons. The number of morpholine rings is 1. The van der Waals surface area contributed by atoms with Crippen LogP contribution in [0.4, 0.5) is 0 Å². The molecule has 1 aromatic heterocycles. The molecule has 12 nitrogen and oxygen atoms in total. The lowest BCUT2D eigenvalue weighted by Crippen LogP contribution is -2.55. The molecule has 0 saturated carbocycles. The van der Waals surface area contributed by atoms with Crippen molar-refractivity contribution in [2.45, 2.75) is 69.8 Å². The smallest absolute Gasteiger partial charge is 0.274 e. The molecule has 12 heteroatoms. The molecule has 0 radical (unpaired) electrons. The van der Waals surface area contributed by atoms with E-state index in [2.05, 4.69) is 26.0 Å². The molecule has 0 aliphatic carbocycles. The van der Waals surface area contributed by atoms with Crippen molar-refractivity contribution in [1.82, 2.24) is 26.0 Å². The molecule has 3 aromatic rings. The Morgan fingerprint density at radius 1 is 0.851 bits per heavy atom. The van der Waals surface area contributed by atoms with Crippen LogP contribution in [-0.2, 0) is 43.2 Å². The maximum atomic E-state index is 13.6. The zero-order chi connectivity index (χ0) is 33.2. The molecule has 5 rings (SSSR count). The minimum Gasteiger partial charge on any atom is -0.379 e.